The highest BCUT2D eigenvalue weighted by Crippen LogP contribution is 2.27. The van der Waals surface area contributed by atoms with Crippen molar-refractivity contribution in [2.24, 2.45) is 12.8 Å². The SMILES string of the molecule is Cn1c(CN)nnc1SCc1csc(-c2ccco2)n1. The molecule has 8 heteroatoms. The fraction of sp³-hybridized carbons (Fsp3) is 0.250. The summed E-state index contributed by atoms with van der Waals surface area (Å²) in [6.45, 7) is 0.392. The molecule has 6 nitrogen and oxygen atoms in total. The Morgan fingerprint density at radius 3 is 3.05 bits per heavy atom. The molecule has 0 spiro atoms. The minimum absolute atomic E-state index is 0.392. The van der Waals surface area contributed by atoms with Gasteiger partial charge >= 0.3 is 0 Å². The first-order chi connectivity index (χ1) is 9.78. The van der Waals surface area contributed by atoms with Gasteiger partial charge in [0.25, 0.3) is 0 Å². The van der Waals surface area contributed by atoms with Gasteiger partial charge in [-0.15, -0.1) is 21.5 Å². The summed E-state index contributed by atoms with van der Waals surface area (Å²) < 4.78 is 7.24. The summed E-state index contributed by atoms with van der Waals surface area (Å²) in [6, 6.07) is 3.77. The van der Waals surface area contributed by atoms with Gasteiger partial charge in [0, 0.05) is 18.2 Å². The van der Waals surface area contributed by atoms with Crippen LogP contribution >= 0.6 is 23.1 Å². The molecule has 0 aliphatic carbocycles. The van der Waals surface area contributed by atoms with Crippen LogP contribution in [0.25, 0.3) is 10.8 Å². The molecule has 3 heterocycles. The van der Waals surface area contributed by atoms with Crippen LogP contribution in [0.2, 0.25) is 0 Å². The van der Waals surface area contributed by atoms with E-state index in [1.807, 2.05) is 29.1 Å². The normalized spacial score (nSPS) is 11.1. The van der Waals surface area contributed by atoms with E-state index in [9.17, 15) is 0 Å². The Morgan fingerprint density at radius 1 is 1.45 bits per heavy atom. The quantitative estimate of drug-likeness (QED) is 0.728. The number of hydrogen-bond donors (Lipinski definition) is 1. The summed E-state index contributed by atoms with van der Waals surface area (Å²) in [4.78, 5) is 4.55. The van der Waals surface area contributed by atoms with Crippen LogP contribution < -0.4 is 5.73 Å². The van der Waals surface area contributed by atoms with E-state index < -0.39 is 0 Å². The van der Waals surface area contributed by atoms with Crippen LogP contribution in [-0.2, 0) is 19.3 Å². The van der Waals surface area contributed by atoms with Gasteiger partial charge in [-0.2, -0.15) is 0 Å². The first-order valence-electron chi connectivity index (χ1n) is 5.97. The molecule has 0 fully saturated rings. The van der Waals surface area contributed by atoms with Gasteiger partial charge in [-0.25, -0.2) is 4.98 Å². The summed E-state index contributed by atoms with van der Waals surface area (Å²) in [7, 11) is 1.92. The van der Waals surface area contributed by atoms with Gasteiger partial charge in [0.15, 0.2) is 15.9 Å². The molecule has 0 bridgehead atoms. The number of nitrogens with zero attached hydrogens (tertiary/aromatic N) is 4. The maximum atomic E-state index is 5.58. The highest BCUT2D eigenvalue weighted by molar-refractivity contribution is 7.98. The minimum atomic E-state index is 0.392. The highest BCUT2D eigenvalue weighted by Gasteiger charge is 2.11. The van der Waals surface area contributed by atoms with Crippen molar-refractivity contribution in [3.05, 3.63) is 35.3 Å². The van der Waals surface area contributed by atoms with Crippen LogP contribution in [0.3, 0.4) is 0 Å². The Morgan fingerprint density at radius 2 is 2.35 bits per heavy atom. The zero-order chi connectivity index (χ0) is 13.9. The van der Waals surface area contributed by atoms with Gasteiger partial charge < -0.3 is 14.7 Å². The maximum absolute atomic E-state index is 5.58. The second kappa shape index (κ2) is 5.78. The van der Waals surface area contributed by atoms with E-state index in [-0.39, 0.29) is 0 Å². The van der Waals surface area contributed by atoms with Crippen molar-refractivity contribution in [3.63, 3.8) is 0 Å². The van der Waals surface area contributed by atoms with Crippen LogP contribution in [0.1, 0.15) is 11.5 Å². The third-order valence-corrected chi connectivity index (χ3v) is 4.70. The number of thioether (sulfide) groups is 1. The van der Waals surface area contributed by atoms with E-state index in [4.69, 9.17) is 10.2 Å². The molecule has 0 atom stereocenters. The van der Waals surface area contributed by atoms with Crippen molar-refractivity contribution in [3.8, 4) is 10.8 Å². The van der Waals surface area contributed by atoms with Crippen molar-refractivity contribution < 1.29 is 4.42 Å². The van der Waals surface area contributed by atoms with Crippen molar-refractivity contribution >= 4 is 23.1 Å². The number of thiazole rings is 1. The zero-order valence-corrected chi connectivity index (χ0v) is 12.4. The number of rotatable bonds is 5. The number of nitrogens with two attached hydrogens (primary N) is 1. The highest BCUT2D eigenvalue weighted by atomic mass is 32.2. The Hall–Kier alpha value is -1.64. The fourth-order valence-corrected chi connectivity index (χ4v) is 3.39. The van der Waals surface area contributed by atoms with Crippen molar-refractivity contribution in [2.75, 3.05) is 0 Å². The van der Waals surface area contributed by atoms with E-state index >= 15 is 0 Å². The summed E-state index contributed by atoms with van der Waals surface area (Å²) in [6.07, 6.45) is 1.65. The van der Waals surface area contributed by atoms with Crippen LogP contribution in [0.15, 0.2) is 33.3 Å². The Kier molecular flexibility index (Phi) is 3.86. The van der Waals surface area contributed by atoms with E-state index in [1.54, 1.807) is 29.4 Å². The molecule has 0 unspecified atom stereocenters. The molecule has 3 aromatic heterocycles. The smallest absolute Gasteiger partial charge is 0.191 e. The molecule has 3 rings (SSSR count). The van der Waals surface area contributed by atoms with Crippen molar-refractivity contribution in [1.82, 2.24) is 19.7 Å². The van der Waals surface area contributed by atoms with E-state index in [0.717, 1.165) is 33.2 Å². The molecule has 0 saturated carbocycles. The number of hydrogen-bond acceptors (Lipinski definition) is 7. The summed E-state index contributed by atoms with van der Waals surface area (Å²) in [5.41, 5.74) is 6.58. The van der Waals surface area contributed by atoms with Gasteiger partial charge in [0.1, 0.15) is 5.82 Å². The van der Waals surface area contributed by atoms with E-state index in [2.05, 4.69) is 15.2 Å². The van der Waals surface area contributed by atoms with Crippen LogP contribution in [0, 0.1) is 0 Å². The van der Waals surface area contributed by atoms with Crippen molar-refractivity contribution in [1.29, 1.82) is 0 Å². The minimum Gasteiger partial charge on any atom is -0.462 e. The first-order valence-corrected chi connectivity index (χ1v) is 7.84. The fourth-order valence-electron chi connectivity index (χ4n) is 1.67. The number of aromatic nitrogens is 4. The summed E-state index contributed by atoms with van der Waals surface area (Å²) >= 11 is 3.17. The predicted octanol–water partition coefficient (Wildman–Crippen LogP) is 2.28. The third kappa shape index (κ3) is 2.62. The monoisotopic (exact) mass is 307 g/mol. The second-order valence-corrected chi connectivity index (χ2v) is 5.87. The summed E-state index contributed by atoms with van der Waals surface area (Å²) in [5, 5.41) is 11.9. The molecule has 104 valence electrons. The van der Waals surface area contributed by atoms with E-state index in [1.165, 1.54) is 0 Å². The molecule has 0 saturated heterocycles. The Balaban J connectivity index is 1.68. The molecule has 0 radical (unpaired) electrons. The third-order valence-electron chi connectivity index (χ3n) is 2.74. The number of furan rings is 1. The Bertz CT molecular complexity index is 689. The lowest BCUT2D eigenvalue weighted by Crippen LogP contribution is -2.05. The lowest BCUT2D eigenvalue weighted by Gasteiger charge is -2.00. The molecule has 0 aliphatic heterocycles. The predicted molar refractivity (Wildman–Crippen MR) is 78.3 cm³/mol. The molecule has 0 aliphatic rings. The maximum Gasteiger partial charge on any atom is 0.191 e. The van der Waals surface area contributed by atoms with Crippen LogP contribution in [-0.4, -0.2) is 19.7 Å². The van der Waals surface area contributed by atoms with E-state index in [0.29, 0.717) is 6.54 Å². The average Bonchev–Trinajstić information content (AvgIpc) is 3.17. The van der Waals surface area contributed by atoms with Crippen LogP contribution in [0.5, 0.6) is 0 Å². The first kappa shape index (κ1) is 13.3. The molecule has 2 N–H and O–H groups in total. The van der Waals surface area contributed by atoms with Gasteiger partial charge in [-0.05, 0) is 12.1 Å². The van der Waals surface area contributed by atoms with Gasteiger partial charge in [0.05, 0.1) is 18.5 Å². The zero-order valence-electron chi connectivity index (χ0n) is 10.8. The van der Waals surface area contributed by atoms with Gasteiger partial charge in [-0.3, -0.25) is 0 Å². The summed E-state index contributed by atoms with van der Waals surface area (Å²) in [5.74, 6) is 2.32. The van der Waals surface area contributed by atoms with Gasteiger partial charge in [0.2, 0.25) is 0 Å². The van der Waals surface area contributed by atoms with Crippen molar-refractivity contribution in [2.45, 2.75) is 17.5 Å². The largest absolute Gasteiger partial charge is 0.462 e. The average molecular weight is 307 g/mol. The topological polar surface area (TPSA) is 82.8 Å². The molecule has 0 aromatic carbocycles. The lowest BCUT2D eigenvalue weighted by molar-refractivity contribution is 0.581. The lowest BCUT2D eigenvalue weighted by atomic mass is 10.5. The Labute approximate surface area is 124 Å². The second-order valence-electron chi connectivity index (χ2n) is 4.07. The molecular formula is C12H13N5OS2. The van der Waals surface area contributed by atoms with Gasteiger partial charge in [-0.1, -0.05) is 11.8 Å². The molecule has 20 heavy (non-hydrogen) atoms. The molecule has 3 aromatic rings. The molecule has 0 amide bonds. The molecular weight excluding hydrogens is 294 g/mol. The standard InChI is InChI=1S/C12H13N5OS2/c1-17-10(5-13)15-16-12(17)20-7-8-6-19-11(14-8)9-3-2-4-18-9/h2-4,6H,5,7,13H2,1H3. The van der Waals surface area contributed by atoms with Crippen LogP contribution in [0.4, 0.5) is 0 Å².